The van der Waals surface area contributed by atoms with Gasteiger partial charge in [0.2, 0.25) is 5.95 Å². The third-order valence-electron chi connectivity index (χ3n) is 3.05. The molecule has 2 aromatic heterocycles. The molecule has 1 aliphatic rings. The van der Waals surface area contributed by atoms with Crippen molar-refractivity contribution in [3.8, 4) is 0 Å². The Morgan fingerprint density at radius 3 is 3.17 bits per heavy atom. The zero-order valence-electron chi connectivity index (χ0n) is 10.3. The Morgan fingerprint density at radius 1 is 1.50 bits per heavy atom. The summed E-state index contributed by atoms with van der Waals surface area (Å²) in [7, 11) is 0. The summed E-state index contributed by atoms with van der Waals surface area (Å²) in [6.45, 7) is 3.05. The van der Waals surface area contributed by atoms with Crippen LogP contribution in [-0.2, 0) is 0 Å². The average Bonchev–Trinajstić information content (AvgIpc) is 2.93. The van der Waals surface area contributed by atoms with Gasteiger partial charge in [0.1, 0.15) is 10.6 Å². The molecule has 0 saturated carbocycles. The fourth-order valence-electron chi connectivity index (χ4n) is 2.21. The molecule has 2 aromatic rings. The van der Waals surface area contributed by atoms with Crippen molar-refractivity contribution in [3.63, 3.8) is 0 Å². The molecular formula is C12H16N4S2. The second-order valence-corrected chi connectivity index (χ2v) is 7.17. The minimum absolute atomic E-state index is 0.353. The number of nitrogen functional groups attached to an aromatic ring is 1. The van der Waals surface area contributed by atoms with Gasteiger partial charge in [-0.1, -0.05) is 0 Å². The molecule has 0 amide bonds. The number of anilines is 2. The monoisotopic (exact) mass is 280 g/mol. The smallest absolute Gasteiger partial charge is 0.223 e. The van der Waals surface area contributed by atoms with E-state index in [1.807, 2.05) is 11.8 Å². The summed E-state index contributed by atoms with van der Waals surface area (Å²) < 4.78 is 0. The van der Waals surface area contributed by atoms with Crippen LogP contribution in [0.5, 0.6) is 0 Å². The molecule has 3 heterocycles. The van der Waals surface area contributed by atoms with Gasteiger partial charge in [0.25, 0.3) is 0 Å². The van der Waals surface area contributed by atoms with Crippen molar-refractivity contribution in [1.82, 2.24) is 9.97 Å². The summed E-state index contributed by atoms with van der Waals surface area (Å²) in [6, 6.07) is 2.13. The van der Waals surface area contributed by atoms with E-state index in [-0.39, 0.29) is 0 Å². The quantitative estimate of drug-likeness (QED) is 0.905. The third kappa shape index (κ3) is 2.40. The highest BCUT2D eigenvalue weighted by Gasteiger charge is 2.16. The van der Waals surface area contributed by atoms with E-state index in [4.69, 9.17) is 5.73 Å². The van der Waals surface area contributed by atoms with Crippen molar-refractivity contribution < 1.29 is 0 Å². The molecule has 1 atom stereocenters. The molecule has 6 heteroatoms. The van der Waals surface area contributed by atoms with Gasteiger partial charge in [0.15, 0.2) is 0 Å². The number of nitrogens with zero attached hydrogens (tertiary/aromatic N) is 2. The lowest BCUT2D eigenvalue weighted by Crippen LogP contribution is -2.15. The van der Waals surface area contributed by atoms with E-state index >= 15 is 0 Å². The normalized spacial score (nSPS) is 19.5. The van der Waals surface area contributed by atoms with E-state index in [2.05, 4.69) is 28.3 Å². The van der Waals surface area contributed by atoms with Crippen LogP contribution in [0.3, 0.4) is 0 Å². The number of thiophene rings is 1. The topological polar surface area (TPSA) is 63.8 Å². The number of nitrogens with one attached hydrogen (secondary N) is 1. The van der Waals surface area contributed by atoms with E-state index in [1.54, 1.807) is 11.3 Å². The van der Waals surface area contributed by atoms with Crippen LogP contribution in [-0.4, -0.2) is 27.5 Å². The Labute approximate surface area is 114 Å². The Hall–Kier alpha value is -1.01. The van der Waals surface area contributed by atoms with Crippen molar-refractivity contribution in [2.75, 3.05) is 23.3 Å². The summed E-state index contributed by atoms with van der Waals surface area (Å²) in [5.41, 5.74) is 5.76. The number of aromatic nitrogens is 2. The zero-order valence-corrected chi connectivity index (χ0v) is 11.9. The predicted octanol–water partition coefficient (Wildman–Crippen LogP) is 2.89. The Balaban J connectivity index is 1.85. The summed E-state index contributed by atoms with van der Waals surface area (Å²) in [6.07, 6.45) is 2.62. The minimum atomic E-state index is 0.353. The molecule has 0 aliphatic carbocycles. The lowest BCUT2D eigenvalue weighted by Gasteiger charge is -2.11. The van der Waals surface area contributed by atoms with E-state index < -0.39 is 0 Å². The van der Waals surface area contributed by atoms with Crippen LogP contribution in [0.2, 0.25) is 0 Å². The first-order valence-electron chi connectivity index (χ1n) is 6.11. The second-order valence-electron chi connectivity index (χ2n) is 4.52. The molecule has 1 fully saturated rings. The number of aryl methyl sites for hydroxylation is 1. The molecule has 0 bridgehead atoms. The maximum atomic E-state index is 5.76. The molecule has 18 heavy (non-hydrogen) atoms. The van der Waals surface area contributed by atoms with Crippen LogP contribution in [0.1, 0.15) is 17.7 Å². The molecule has 0 aromatic carbocycles. The second kappa shape index (κ2) is 4.93. The number of rotatable bonds is 3. The number of thioether (sulfide) groups is 1. The predicted molar refractivity (Wildman–Crippen MR) is 80.5 cm³/mol. The van der Waals surface area contributed by atoms with Gasteiger partial charge in [-0.15, -0.1) is 11.3 Å². The van der Waals surface area contributed by atoms with Gasteiger partial charge in [0, 0.05) is 16.7 Å². The van der Waals surface area contributed by atoms with E-state index in [1.165, 1.54) is 23.5 Å². The first kappa shape index (κ1) is 12.0. The van der Waals surface area contributed by atoms with Crippen LogP contribution in [0, 0.1) is 6.92 Å². The van der Waals surface area contributed by atoms with Crippen LogP contribution in [0.25, 0.3) is 10.2 Å². The van der Waals surface area contributed by atoms with Gasteiger partial charge in [-0.05, 0) is 31.6 Å². The average molecular weight is 280 g/mol. The number of nitrogens with two attached hydrogens (primary N) is 1. The SMILES string of the molecule is Cc1cc2c(NCC3CCCS3)nc(N)nc2s1. The summed E-state index contributed by atoms with van der Waals surface area (Å²) in [5, 5.41) is 5.24. The number of fused-ring (bicyclic) bond motifs is 1. The number of hydrogen-bond donors (Lipinski definition) is 2. The largest absolute Gasteiger partial charge is 0.368 e. The summed E-state index contributed by atoms with van der Waals surface area (Å²) in [5.74, 6) is 2.52. The number of hydrogen-bond acceptors (Lipinski definition) is 6. The highest BCUT2D eigenvalue weighted by Crippen LogP contribution is 2.30. The van der Waals surface area contributed by atoms with E-state index in [9.17, 15) is 0 Å². The highest BCUT2D eigenvalue weighted by molar-refractivity contribution is 8.00. The van der Waals surface area contributed by atoms with Crippen LogP contribution in [0.15, 0.2) is 6.07 Å². The van der Waals surface area contributed by atoms with Gasteiger partial charge >= 0.3 is 0 Å². The van der Waals surface area contributed by atoms with Gasteiger partial charge < -0.3 is 11.1 Å². The molecule has 0 radical (unpaired) electrons. The van der Waals surface area contributed by atoms with Crippen molar-refractivity contribution in [2.45, 2.75) is 25.0 Å². The maximum absolute atomic E-state index is 5.76. The van der Waals surface area contributed by atoms with Gasteiger partial charge in [-0.3, -0.25) is 0 Å². The molecule has 1 unspecified atom stereocenters. The molecular weight excluding hydrogens is 264 g/mol. The Bertz CT molecular complexity index is 560. The van der Waals surface area contributed by atoms with Crippen LogP contribution in [0.4, 0.5) is 11.8 Å². The van der Waals surface area contributed by atoms with Crippen molar-refractivity contribution >= 4 is 45.1 Å². The molecule has 1 aliphatic heterocycles. The van der Waals surface area contributed by atoms with E-state index in [0.717, 1.165) is 22.6 Å². The Morgan fingerprint density at radius 2 is 2.39 bits per heavy atom. The highest BCUT2D eigenvalue weighted by atomic mass is 32.2. The first-order valence-corrected chi connectivity index (χ1v) is 7.98. The Kier molecular flexibility index (Phi) is 3.30. The van der Waals surface area contributed by atoms with Gasteiger partial charge in [-0.2, -0.15) is 16.7 Å². The summed E-state index contributed by atoms with van der Waals surface area (Å²) in [4.78, 5) is 10.8. The van der Waals surface area contributed by atoms with Crippen molar-refractivity contribution in [3.05, 3.63) is 10.9 Å². The fraction of sp³-hybridized carbons (Fsp3) is 0.500. The first-order chi connectivity index (χ1) is 8.72. The molecule has 3 rings (SSSR count). The van der Waals surface area contributed by atoms with Crippen molar-refractivity contribution in [2.24, 2.45) is 0 Å². The lowest BCUT2D eigenvalue weighted by atomic mass is 10.2. The van der Waals surface area contributed by atoms with Gasteiger partial charge in [-0.25, -0.2) is 4.98 Å². The van der Waals surface area contributed by atoms with Crippen LogP contribution < -0.4 is 11.1 Å². The van der Waals surface area contributed by atoms with Crippen LogP contribution >= 0.6 is 23.1 Å². The molecule has 4 nitrogen and oxygen atoms in total. The minimum Gasteiger partial charge on any atom is -0.368 e. The van der Waals surface area contributed by atoms with Gasteiger partial charge in [0.05, 0.1) is 5.39 Å². The van der Waals surface area contributed by atoms with E-state index in [0.29, 0.717) is 11.2 Å². The zero-order chi connectivity index (χ0) is 12.5. The van der Waals surface area contributed by atoms with Crippen molar-refractivity contribution in [1.29, 1.82) is 0 Å². The molecule has 96 valence electrons. The standard InChI is InChI=1S/C12H16N4S2/c1-7-5-9-10(14-6-8-3-2-4-17-8)15-12(13)16-11(9)18-7/h5,8H,2-4,6H2,1H3,(H3,13,14,15,16). The summed E-state index contributed by atoms with van der Waals surface area (Å²) >= 11 is 3.70. The fourth-order valence-corrected chi connectivity index (χ4v) is 4.30. The molecule has 3 N–H and O–H groups in total. The molecule has 0 spiro atoms. The molecule has 1 saturated heterocycles. The lowest BCUT2D eigenvalue weighted by molar-refractivity contribution is 0.804. The maximum Gasteiger partial charge on any atom is 0.223 e. The third-order valence-corrected chi connectivity index (χ3v) is 5.40.